The molecule has 0 radical (unpaired) electrons. The maximum atomic E-state index is 13.1. The second kappa shape index (κ2) is 8.38. The Morgan fingerprint density at radius 2 is 1.16 bits per heavy atom. The van der Waals surface area contributed by atoms with Crippen molar-refractivity contribution >= 4 is 11.9 Å². The molecule has 4 heteroatoms. The molecular weight excluding hydrogens is 400 g/mol. The number of aryl methyl sites for hydroxylation is 2. The van der Waals surface area contributed by atoms with Crippen LogP contribution in [0.1, 0.15) is 78.3 Å². The van der Waals surface area contributed by atoms with Crippen molar-refractivity contribution in [2.45, 2.75) is 72.5 Å². The van der Waals surface area contributed by atoms with Crippen LogP contribution in [-0.4, -0.2) is 24.1 Å². The third-order valence-corrected chi connectivity index (χ3v) is 8.04. The molecule has 2 bridgehead atoms. The quantitative estimate of drug-likeness (QED) is 0.519. The topological polar surface area (TPSA) is 52.6 Å². The summed E-state index contributed by atoms with van der Waals surface area (Å²) in [6.45, 7) is 10.5. The van der Waals surface area contributed by atoms with E-state index in [2.05, 4.69) is 20.8 Å². The predicted molar refractivity (Wildman–Crippen MR) is 125 cm³/mol. The van der Waals surface area contributed by atoms with E-state index in [-0.39, 0.29) is 22.8 Å². The van der Waals surface area contributed by atoms with Gasteiger partial charge in [0.25, 0.3) is 0 Å². The Balaban J connectivity index is 1.66. The summed E-state index contributed by atoms with van der Waals surface area (Å²) >= 11 is 0. The van der Waals surface area contributed by atoms with Gasteiger partial charge >= 0.3 is 11.9 Å². The molecular formula is C28H34O4. The van der Waals surface area contributed by atoms with Gasteiger partial charge in [-0.1, -0.05) is 56.2 Å². The molecule has 3 aliphatic carbocycles. The zero-order valence-corrected chi connectivity index (χ0v) is 19.8. The standard InChI is InChI=1S/C28H34O4/c1-18(2)28-16-14-27(5,15-17-28)23(31-25(29)21-10-6-19(3)7-11-21)24(28)32-26(30)22-12-8-20(4)9-13-22/h6-13,18,23-24H,14-17H2,1-5H3. The largest absolute Gasteiger partial charge is 0.454 e. The molecule has 3 fully saturated rings. The van der Waals surface area contributed by atoms with Gasteiger partial charge in [-0.25, -0.2) is 9.59 Å². The van der Waals surface area contributed by atoms with Gasteiger partial charge in [-0.3, -0.25) is 0 Å². The second-order valence-corrected chi connectivity index (χ2v) is 10.4. The van der Waals surface area contributed by atoms with Crippen LogP contribution in [0.4, 0.5) is 0 Å². The third-order valence-electron chi connectivity index (χ3n) is 8.04. The predicted octanol–water partition coefficient (Wildman–Crippen LogP) is 6.29. The third kappa shape index (κ3) is 3.96. The minimum Gasteiger partial charge on any atom is -0.454 e. The number of ether oxygens (including phenoxy) is 2. The Hall–Kier alpha value is -2.62. The lowest BCUT2D eigenvalue weighted by Gasteiger charge is -2.61. The van der Waals surface area contributed by atoms with Crippen molar-refractivity contribution in [3.63, 3.8) is 0 Å². The highest BCUT2D eigenvalue weighted by atomic mass is 16.6. The van der Waals surface area contributed by atoms with Gasteiger partial charge in [0, 0.05) is 10.8 Å². The SMILES string of the molecule is Cc1ccc(C(=O)OC2C(OC(=O)c3ccc(C)cc3)C3(C(C)C)CCC2(C)CC3)cc1. The fraction of sp³-hybridized carbons (Fsp3) is 0.500. The Morgan fingerprint density at radius 1 is 0.750 bits per heavy atom. The van der Waals surface area contributed by atoms with E-state index in [0.717, 1.165) is 36.8 Å². The van der Waals surface area contributed by atoms with Gasteiger partial charge in [0.2, 0.25) is 0 Å². The second-order valence-electron chi connectivity index (χ2n) is 10.4. The summed E-state index contributed by atoms with van der Waals surface area (Å²) in [5.74, 6) is -0.384. The van der Waals surface area contributed by atoms with Crippen molar-refractivity contribution in [2.24, 2.45) is 16.7 Å². The normalized spacial score (nSPS) is 29.1. The van der Waals surface area contributed by atoms with Crippen molar-refractivity contribution in [1.82, 2.24) is 0 Å². The number of esters is 2. The summed E-state index contributed by atoms with van der Waals surface area (Å²) in [6, 6.07) is 14.9. The molecule has 0 heterocycles. The van der Waals surface area contributed by atoms with Crippen LogP contribution in [-0.2, 0) is 9.47 Å². The molecule has 4 nitrogen and oxygen atoms in total. The number of rotatable bonds is 5. The van der Waals surface area contributed by atoms with E-state index in [4.69, 9.17) is 9.47 Å². The average Bonchev–Trinajstić information content (AvgIpc) is 2.77. The van der Waals surface area contributed by atoms with E-state index >= 15 is 0 Å². The highest BCUT2D eigenvalue weighted by Gasteiger charge is 2.63. The first-order chi connectivity index (χ1) is 15.1. The number of fused-ring (bicyclic) bond motifs is 3. The summed E-state index contributed by atoms with van der Waals surface area (Å²) < 4.78 is 12.4. The van der Waals surface area contributed by atoms with E-state index in [0.29, 0.717) is 17.0 Å². The molecule has 2 aromatic carbocycles. The molecule has 32 heavy (non-hydrogen) atoms. The number of hydrogen-bond acceptors (Lipinski definition) is 4. The van der Waals surface area contributed by atoms with Gasteiger partial charge in [-0.05, 0) is 69.7 Å². The maximum Gasteiger partial charge on any atom is 0.338 e. The number of hydrogen-bond donors (Lipinski definition) is 0. The van der Waals surface area contributed by atoms with E-state index in [1.807, 2.05) is 38.1 Å². The van der Waals surface area contributed by atoms with Crippen molar-refractivity contribution in [1.29, 1.82) is 0 Å². The first-order valence-electron chi connectivity index (χ1n) is 11.7. The molecule has 0 aliphatic heterocycles. The average molecular weight is 435 g/mol. The zero-order chi connectivity index (χ0) is 23.1. The van der Waals surface area contributed by atoms with Gasteiger partial charge in [0.05, 0.1) is 11.1 Å². The number of carbonyl (C=O) groups is 2. The lowest BCUT2D eigenvalue weighted by atomic mass is 9.48. The minimum atomic E-state index is -0.462. The summed E-state index contributed by atoms with van der Waals surface area (Å²) in [4.78, 5) is 26.2. The van der Waals surface area contributed by atoms with Gasteiger partial charge < -0.3 is 9.47 Å². The van der Waals surface area contributed by atoms with Crippen LogP contribution in [0.15, 0.2) is 48.5 Å². The van der Waals surface area contributed by atoms with Gasteiger partial charge in [0.15, 0.2) is 0 Å². The maximum absolute atomic E-state index is 13.1. The Labute approximate surface area is 191 Å². The van der Waals surface area contributed by atoms with Crippen molar-refractivity contribution in [3.8, 4) is 0 Å². The summed E-state index contributed by atoms with van der Waals surface area (Å²) in [7, 11) is 0. The van der Waals surface area contributed by atoms with Crippen LogP contribution < -0.4 is 0 Å². The van der Waals surface area contributed by atoms with E-state index in [9.17, 15) is 9.59 Å². The smallest absolute Gasteiger partial charge is 0.338 e. The fourth-order valence-corrected chi connectivity index (χ4v) is 5.56. The van der Waals surface area contributed by atoms with E-state index in [1.165, 1.54) is 0 Å². The number of benzene rings is 2. The van der Waals surface area contributed by atoms with Gasteiger partial charge in [-0.2, -0.15) is 0 Å². The monoisotopic (exact) mass is 434 g/mol. The molecule has 5 rings (SSSR count). The highest BCUT2D eigenvalue weighted by molar-refractivity contribution is 5.90. The van der Waals surface area contributed by atoms with E-state index < -0.39 is 12.2 Å². The van der Waals surface area contributed by atoms with Crippen LogP contribution in [0.25, 0.3) is 0 Å². The van der Waals surface area contributed by atoms with Gasteiger partial charge in [-0.15, -0.1) is 0 Å². The molecule has 170 valence electrons. The van der Waals surface area contributed by atoms with E-state index in [1.54, 1.807) is 24.3 Å². The highest BCUT2D eigenvalue weighted by Crippen LogP contribution is 2.61. The molecule has 2 atom stereocenters. The first kappa shape index (κ1) is 22.6. The molecule has 2 aromatic rings. The molecule has 3 saturated carbocycles. The van der Waals surface area contributed by atoms with Crippen molar-refractivity contribution in [2.75, 3.05) is 0 Å². The van der Waals surface area contributed by atoms with Crippen LogP contribution >= 0.6 is 0 Å². The summed E-state index contributed by atoms with van der Waals surface area (Å²) in [5, 5.41) is 0. The Kier molecular flexibility index (Phi) is 5.91. The van der Waals surface area contributed by atoms with Crippen LogP contribution in [0.5, 0.6) is 0 Å². The van der Waals surface area contributed by atoms with Crippen LogP contribution in [0.2, 0.25) is 0 Å². The molecule has 3 aliphatic rings. The molecule has 0 amide bonds. The lowest BCUT2D eigenvalue weighted by molar-refractivity contribution is -0.210. The molecule has 2 unspecified atom stereocenters. The fourth-order valence-electron chi connectivity index (χ4n) is 5.56. The first-order valence-corrected chi connectivity index (χ1v) is 11.7. The Bertz CT molecular complexity index is 979. The minimum absolute atomic E-state index is 0.184. The zero-order valence-electron chi connectivity index (χ0n) is 19.8. The van der Waals surface area contributed by atoms with Crippen LogP contribution in [0, 0.1) is 30.6 Å². The van der Waals surface area contributed by atoms with Crippen molar-refractivity contribution in [3.05, 3.63) is 70.8 Å². The molecule has 0 N–H and O–H groups in total. The summed E-state index contributed by atoms with van der Waals surface area (Å²) in [6.07, 6.45) is 2.97. The van der Waals surface area contributed by atoms with Crippen LogP contribution in [0.3, 0.4) is 0 Å². The molecule has 0 saturated heterocycles. The summed E-state index contributed by atoms with van der Waals surface area (Å²) in [5.41, 5.74) is 2.86. The van der Waals surface area contributed by atoms with Crippen molar-refractivity contribution < 1.29 is 19.1 Å². The number of carbonyl (C=O) groups excluding carboxylic acids is 2. The Morgan fingerprint density at radius 3 is 1.56 bits per heavy atom. The lowest BCUT2D eigenvalue weighted by Crippen LogP contribution is -2.64. The van der Waals surface area contributed by atoms with Gasteiger partial charge in [0.1, 0.15) is 12.2 Å². The molecule has 0 aromatic heterocycles. The molecule has 0 spiro atoms.